The number of H-pyrrole nitrogens is 2. The number of nitrogens with one attached hydrogen (secondary N) is 2. The van der Waals surface area contributed by atoms with Crippen molar-refractivity contribution in [2.45, 2.75) is 19.3 Å². The van der Waals surface area contributed by atoms with Crippen LogP contribution in [0.25, 0.3) is 44.7 Å². The summed E-state index contributed by atoms with van der Waals surface area (Å²) >= 11 is 0. The van der Waals surface area contributed by atoms with E-state index in [9.17, 15) is 4.39 Å². The first-order chi connectivity index (χ1) is 15.7. The molecule has 0 aliphatic carbocycles. The second-order valence-electron chi connectivity index (χ2n) is 8.12. The lowest BCUT2D eigenvalue weighted by Crippen LogP contribution is -2.29. The zero-order valence-corrected chi connectivity index (χ0v) is 17.3. The van der Waals surface area contributed by atoms with E-state index in [0.29, 0.717) is 33.8 Å². The molecule has 0 bridgehead atoms. The highest BCUT2D eigenvalue weighted by molar-refractivity contribution is 5.97. The topological polar surface area (TPSA) is 112 Å². The number of anilines is 2. The maximum atomic E-state index is 14.9. The van der Waals surface area contributed by atoms with E-state index in [2.05, 4.69) is 35.0 Å². The number of rotatable bonds is 3. The van der Waals surface area contributed by atoms with Crippen LogP contribution in [0, 0.1) is 5.82 Å². The predicted octanol–water partition coefficient (Wildman–Crippen LogP) is 4.27. The lowest BCUT2D eigenvalue weighted by atomic mass is 10.0. The molecule has 0 unspecified atom stereocenters. The SMILES string of the molecule is Nc1cncc(-c2cc(F)c3n[nH]c(-c4nc5nccc(N6CCCCC6)c5[nH]4)c3c2)c1. The van der Waals surface area contributed by atoms with Gasteiger partial charge in [-0.2, -0.15) is 5.10 Å². The van der Waals surface area contributed by atoms with E-state index in [1.165, 1.54) is 25.3 Å². The third-order valence-corrected chi connectivity index (χ3v) is 6.01. The quantitative estimate of drug-likeness (QED) is 0.395. The van der Waals surface area contributed by atoms with Crippen LogP contribution >= 0.6 is 0 Å². The van der Waals surface area contributed by atoms with Crippen molar-refractivity contribution >= 4 is 33.4 Å². The lowest BCUT2D eigenvalue weighted by Gasteiger charge is -2.28. The van der Waals surface area contributed by atoms with Gasteiger partial charge in [0, 0.05) is 42.6 Å². The van der Waals surface area contributed by atoms with Crippen molar-refractivity contribution in [3.8, 4) is 22.6 Å². The van der Waals surface area contributed by atoms with E-state index >= 15 is 0 Å². The van der Waals surface area contributed by atoms with Crippen LogP contribution in [0.5, 0.6) is 0 Å². The van der Waals surface area contributed by atoms with Gasteiger partial charge in [-0.05, 0) is 49.1 Å². The molecule has 4 aromatic heterocycles. The van der Waals surface area contributed by atoms with Gasteiger partial charge in [-0.3, -0.25) is 10.1 Å². The molecule has 1 aliphatic rings. The number of nitrogens with zero attached hydrogens (tertiary/aromatic N) is 5. The second-order valence-corrected chi connectivity index (χ2v) is 8.12. The van der Waals surface area contributed by atoms with E-state index in [1.807, 2.05) is 12.1 Å². The van der Waals surface area contributed by atoms with Gasteiger partial charge in [0.2, 0.25) is 0 Å². The molecular formula is C23H21FN8. The summed E-state index contributed by atoms with van der Waals surface area (Å²) < 4.78 is 14.9. The Balaban J connectivity index is 1.49. The number of hydrogen-bond donors (Lipinski definition) is 3. The van der Waals surface area contributed by atoms with Crippen LogP contribution in [0.2, 0.25) is 0 Å². The largest absolute Gasteiger partial charge is 0.397 e. The van der Waals surface area contributed by atoms with Crippen LogP contribution in [-0.4, -0.2) is 43.2 Å². The molecule has 0 spiro atoms. The minimum Gasteiger partial charge on any atom is -0.397 e. The second kappa shape index (κ2) is 7.30. The number of imidazole rings is 1. The number of aromatic nitrogens is 6. The van der Waals surface area contributed by atoms with Crippen LogP contribution in [0.15, 0.2) is 42.9 Å². The van der Waals surface area contributed by atoms with Gasteiger partial charge in [0.1, 0.15) is 16.7 Å². The van der Waals surface area contributed by atoms with Crippen molar-refractivity contribution in [1.82, 2.24) is 30.1 Å². The Hall–Kier alpha value is -4.01. The molecule has 1 aliphatic heterocycles. The molecule has 0 amide bonds. The van der Waals surface area contributed by atoms with Crippen molar-refractivity contribution in [1.29, 1.82) is 0 Å². The van der Waals surface area contributed by atoms with Gasteiger partial charge in [0.25, 0.3) is 0 Å². The summed E-state index contributed by atoms with van der Waals surface area (Å²) in [4.78, 5) is 19.0. The summed E-state index contributed by atoms with van der Waals surface area (Å²) in [6.45, 7) is 2.03. The average molecular weight is 428 g/mol. The van der Waals surface area contributed by atoms with Crippen molar-refractivity contribution in [2.24, 2.45) is 0 Å². The molecule has 6 rings (SSSR count). The van der Waals surface area contributed by atoms with Crippen molar-refractivity contribution < 1.29 is 4.39 Å². The number of pyridine rings is 2. The maximum Gasteiger partial charge on any atom is 0.180 e. The number of piperidine rings is 1. The van der Waals surface area contributed by atoms with Crippen LogP contribution in [-0.2, 0) is 0 Å². The number of fused-ring (bicyclic) bond motifs is 2. The van der Waals surface area contributed by atoms with Gasteiger partial charge in [-0.25, -0.2) is 14.4 Å². The third kappa shape index (κ3) is 3.05. The minimum absolute atomic E-state index is 0.255. The molecule has 0 radical (unpaired) electrons. The van der Waals surface area contributed by atoms with Gasteiger partial charge in [-0.1, -0.05) is 0 Å². The molecule has 5 aromatic rings. The van der Waals surface area contributed by atoms with Gasteiger partial charge in [0.05, 0.1) is 11.4 Å². The number of hydrogen-bond acceptors (Lipinski definition) is 6. The van der Waals surface area contributed by atoms with Crippen LogP contribution in [0.3, 0.4) is 0 Å². The minimum atomic E-state index is -0.425. The Morgan fingerprint density at radius 3 is 2.75 bits per heavy atom. The molecule has 0 saturated carbocycles. The highest BCUT2D eigenvalue weighted by Gasteiger charge is 2.20. The average Bonchev–Trinajstić information content (AvgIpc) is 3.44. The summed E-state index contributed by atoms with van der Waals surface area (Å²) in [5.74, 6) is 0.146. The first kappa shape index (κ1) is 18.7. The van der Waals surface area contributed by atoms with E-state index in [4.69, 9.17) is 5.73 Å². The molecule has 0 atom stereocenters. The molecule has 1 fully saturated rings. The summed E-state index contributed by atoms with van der Waals surface area (Å²) in [5, 5.41) is 7.78. The van der Waals surface area contributed by atoms with Gasteiger partial charge in [0.15, 0.2) is 17.3 Å². The number of nitrogen functional groups attached to an aromatic ring is 1. The standard InChI is InChI=1S/C23H21FN8/c24-17-10-13(14-8-15(25)12-26-11-14)9-16-19(17)30-31-20(16)23-28-21-18(4-5-27-22(21)29-23)32-6-2-1-3-7-32/h4-5,8-12H,1-3,6-7,25H2,(H,30,31)(H,27,28,29). The molecule has 160 valence electrons. The third-order valence-electron chi connectivity index (χ3n) is 6.01. The van der Waals surface area contributed by atoms with Crippen LogP contribution < -0.4 is 10.6 Å². The number of halogens is 1. The van der Waals surface area contributed by atoms with Gasteiger partial charge >= 0.3 is 0 Å². The Bertz CT molecular complexity index is 1450. The molecule has 1 aromatic carbocycles. The van der Waals surface area contributed by atoms with E-state index < -0.39 is 5.82 Å². The zero-order valence-electron chi connectivity index (χ0n) is 17.3. The van der Waals surface area contributed by atoms with Crippen molar-refractivity contribution in [3.63, 3.8) is 0 Å². The lowest BCUT2D eigenvalue weighted by molar-refractivity contribution is 0.578. The fourth-order valence-corrected chi connectivity index (χ4v) is 4.45. The molecular weight excluding hydrogens is 407 g/mol. The molecule has 8 nitrogen and oxygen atoms in total. The molecule has 5 heterocycles. The van der Waals surface area contributed by atoms with Gasteiger partial charge in [-0.15, -0.1) is 0 Å². The Morgan fingerprint density at radius 1 is 1.03 bits per heavy atom. The Morgan fingerprint density at radius 2 is 1.91 bits per heavy atom. The maximum absolute atomic E-state index is 14.9. The fraction of sp³-hybridized carbons (Fsp3) is 0.217. The van der Waals surface area contributed by atoms with E-state index in [1.54, 1.807) is 24.7 Å². The summed E-state index contributed by atoms with van der Waals surface area (Å²) in [5.41, 5.74) is 11.2. The Labute approximate surface area is 182 Å². The highest BCUT2D eigenvalue weighted by Crippen LogP contribution is 2.34. The monoisotopic (exact) mass is 428 g/mol. The van der Waals surface area contributed by atoms with Crippen LogP contribution in [0.4, 0.5) is 15.8 Å². The Kier molecular flexibility index (Phi) is 4.27. The van der Waals surface area contributed by atoms with Gasteiger partial charge < -0.3 is 15.6 Å². The van der Waals surface area contributed by atoms with Crippen molar-refractivity contribution in [2.75, 3.05) is 23.7 Å². The molecule has 1 saturated heterocycles. The van der Waals surface area contributed by atoms with Crippen LogP contribution in [0.1, 0.15) is 19.3 Å². The van der Waals surface area contributed by atoms with Crippen molar-refractivity contribution in [3.05, 3.63) is 48.7 Å². The fourth-order valence-electron chi connectivity index (χ4n) is 4.45. The summed E-state index contributed by atoms with van der Waals surface area (Å²) in [6.07, 6.45) is 8.62. The molecule has 32 heavy (non-hydrogen) atoms. The zero-order chi connectivity index (χ0) is 21.7. The summed E-state index contributed by atoms with van der Waals surface area (Å²) in [6, 6.07) is 7.10. The number of nitrogens with two attached hydrogens (primary N) is 1. The first-order valence-corrected chi connectivity index (χ1v) is 10.7. The first-order valence-electron chi connectivity index (χ1n) is 10.7. The summed E-state index contributed by atoms with van der Waals surface area (Å²) in [7, 11) is 0. The molecule has 4 N–H and O–H groups in total. The van der Waals surface area contributed by atoms with E-state index in [0.717, 1.165) is 29.9 Å². The van der Waals surface area contributed by atoms with E-state index in [-0.39, 0.29) is 5.52 Å². The highest BCUT2D eigenvalue weighted by atomic mass is 19.1. The number of benzene rings is 1. The number of aromatic amines is 2. The normalized spacial score (nSPS) is 14.5. The predicted molar refractivity (Wildman–Crippen MR) is 123 cm³/mol. The molecule has 9 heteroatoms. The smallest absolute Gasteiger partial charge is 0.180 e.